The van der Waals surface area contributed by atoms with Gasteiger partial charge in [0.2, 0.25) is 0 Å². The predicted octanol–water partition coefficient (Wildman–Crippen LogP) is 6.94. The number of halogens is 3. The average Bonchev–Trinajstić information content (AvgIpc) is 3.03. The highest BCUT2D eigenvalue weighted by atomic mass is 35.5. The summed E-state index contributed by atoms with van der Waals surface area (Å²) in [6.45, 7) is 2.18. The molecule has 0 spiro atoms. The van der Waals surface area contributed by atoms with Crippen molar-refractivity contribution in [3.8, 4) is 0 Å². The number of benzene rings is 3. The molecule has 2 nitrogen and oxygen atoms in total. The van der Waals surface area contributed by atoms with Gasteiger partial charge in [0.05, 0.1) is 0 Å². The lowest BCUT2D eigenvalue weighted by molar-refractivity contribution is 0.692. The Labute approximate surface area is 179 Å². The lowest BCUT2D eigenvalue weighted by Crippen LogP contribution is -2.12. The zero-order valence-corrected chi connectivity index (χ0v) is 17.4. The largest absolute Gasteiger partial charge is 0.343 e. The standard InChI is InChI=1S/C23H19Cl3N2/c24-19-10-9-17(22(26)11-19)14-28-15-18(20-6-2-4-8-23(20)28)13-27-12-16-5-1-3-7-21(16)25/h1-11,15,27H,12-14H2. The summed E-state index contributed by atoms with van der Waals surface area (Å²) in [5.41, 5.74) is 4.57. The smallest absolute Gasteiger partial charge is 0.0491 e. The van der Waals surface area contributed by atoms with E-state index in [2.05, 4.69) is 40.3 Å². The van der Waals surface area contributed by atoms with Crippen LogP contribution >= 0.6 is 34.8 Å². The Morgan fingerprint density at radius 3 is 2.29 bits per heavy atom. The van der Waals surface area contributed by atoms with Crippen molar-refractivity contribution >= 4 is 45.7 Å². The number of rotatable bonds is 6. The molecule has 0 atom stereocenters. The van der Waals surface area contributed by atoms with Gasteiger partial charge < -0.3 is 9.88 Å². The van der Waals surface area contributed by atoms with Crippen LogP contribution in [0, 0.1) is 0 Å². The summed E-state index contributed by atoms with van der Waals surface area (Å²) in [5, 5.41) is 6.86. The van der Waals surface area contributed by atoms with Crippen molar-refractivity contribution in [1.29, 1.82) is 0 Å². The van der Waals surface area contributed by atoms with E-state index in [1.54, 1.807) is 6.07 Å². The summed E-state index contributed by atoms with van der Waals surface area (Å²) in [4.78, 5) is 0. The first-order chi connectivity index (χ1) is 13.6. The maximum absolute atomic E-state index is 6.38. The molecule has 28 heavy (non-hydrogen) atoms. The van der Waals surface area contributed by atoms with E-state index >= 15 is 0 Å². The lowest BCUT2D eigenvalue weighted by Gasteiger charge is -2.08. The Hall–Kier alpha value is -1.97. The van der Waals surface area contributed by atoms with E-state index in [1.807, 2.05) is 36.4 Å². The first kappa shape index (κ1) is 19.4. The fourth-order valence-electron chi connectivity index (χ4n) is 3.40. The van der Waals surface area contributed by atoms with Crippen LogP contribution in [0.3, 0.4) is 0 Å². The summed E-state index contributed by atoms with van der Waals surface area (Å²) in [5.74, 6) is 0. The number of hydrogen-bond acceptors (Lipinski definition) is 1. The minimum atomic E-state index is 0.649. The van der Waals surface area contributed by atoms with Crippen LogP contribution in [0.25, 0.3) is 10.9 Å². The molecule has 0 amide bonds. The third-order valence-electron chi connectivity index (χ3n) is 4.82. The topological polar surface area (TPSA) is 17.0 Å². The van der Waals surface area contributed by atoms with Gasteiger partial charge in [-0.2, -0.15) is 0 Å². The molecule has 0 fully saturated rings. The summed E-state index contributed by atoms with van der Waals surface area (Å²) in [6.07, 6.45) is 2.19. The first-order valence-electron chi connectivity index (χ1n) is 9.06. The second-order valence-corrected chi connectivity index (χ2v) is 7.98. The maximum Gasteiger partial charge on any atom is 0.0491 e. The predicted molar refractivity (Wildman–Crippen MR) is 119 cm³/mol. The summed E-state index contributed by atoms with van der Waals surface area (Å²) < 4.78 is 2.23. The van der Waals surface area contributed by atoms with Gasteiger partial charge in [-0.1, -0.05) is 77.3 Å². The van der Waals surface area contributed by atoms with Crippen LogP contribution in [0.4, 0.5) is 0 Å². The lowest BCUT2D eigenvalue weighted by atomic mass is 10.1. The van der Waals surface area contributed by atoms with Gasteiger partial charge in [-0.25, -0.2) is 0 Å². The number of para-hydroxylation sites is 1. The van der Waals surface area contributed by atoms with Gasteiger partial charge in [0.15, 0.2) is 0 Å². The number of nitrogens with one attached hydrogen (secondary N) is 1. The van der Waals surface area contributed by atoms with E-state index in [1.165, 1.54) is 16.5 Å². The molecule has 5 heteroatoms. The Morgan fingerprint density at radius 1 is 0.714 bits per heavy atom. The van der Waals surface area contributed by atoms with Gasteiger partial charge in [0.25, 0.3) is 0 Å². The van der Waals surface area contributed by atoms with Crippen LogP contribution in [-0.4, -0.2) is 4.57 Å². The second-order valence-electron chi connectivity index (χ2n) is 6.73. The molecule has 0 aliphatic heterocycles. The fraction of sp³-hybridized carbons (Fsp3) is 0.130. The molecule has 1 heterocycles. The van der Waals surface area contributed by atoms with Gasteiger partial charge in [0, 0.05) is 51.8 Å². The molecule has 0 aliphatic rings. The molecule has 0 saturated carbocycles. The molecule has 142 valence electrons. The Balaban J connectivity index is 1.57. The molecule has 1 N–H and O–H groups in total. The quantitative estimate of drug-likeness (QED) is 0.351. The fourth-order valence-corrected chi connectivity index (χ4v) is 4.07. The number of hydrogen-bond donors (Lipinski definition) is 1. The monoisotopic (exact) mass is 428 g/mol. The van der Waals surface area contributed by atoms with Gasteiger partial charge in [-0.05, 0) is 41.0 Å². The van der Waals surface area contributed by atoms with E-state index in [9.17, 15) is 0 Å². The normalized spacial score (nSPS) is 11.2. The molecular formula is C23H19Cl3N2. The minimum absolute atomic E-state index is 0.649. The van der Waals surface area contributed by atoms with E-state index in [0.717, 1.165) is 29.2 Å². The molecule has 0 saturated heterocycles. The van der Waals surface area contributed by atoms with Crippen molar-refractivity contribution in [2.24, 2.45) is 0 Å². The van der Waals surface area contributed by atoms with Crippen molar-refractivity contribution < 1.29 is 0 Å². The molecule has 0 unspecified atom stereocenters. The summed E-state index contributed by atoms with van der Waals surface area (Å²) in [6, 6.07) is 22.0. The minimum Gasteiger partial charge on any atom is -0.343 e. The van der Waals surface area contributed by atoms with Crippen molar-refractivity contribution in [2.45, 2.75) is 19.6 Å². The second kappa shape index (κ2) is 8.59. The van der Waals surface area contributed by atoms with E-state index in [0.29, 0.717) is 16.6 Å². The molecule has 1 aromatic heterocycles. The van der Waals surface area contributed by atoms with E-state index in [4.69, 9.17) is 34.8 Å². The van der Waals surface area contributed by atoms with Crippen molar-refractivity contribution in [2.75, 3.05) is 0 Å². The summed E-state index contributed by atoms with van der Waals surface area (Å²) in [7, 11) is 0. The van der Waals surface area contributed by atoms with Crippen molar-refractivity contribution in [3.05, 3.63) is 105 Å². The first-order valence-corrected chi connectivity index (χ1v) is 10.2. The molecule has 0 bridgehead atoms. The molecular weight excluding hydrogens is 411 g/mol. The zero-order chi connectivity index (χ0) is 19.5. The Bertz CT molecular complexity index is 1120. The average molecular weight is 430 g/mol. The van der Waals surface area contributed by atoms with Gasteiger partial charge in [0.1, 0.15) is 0 Å². The van der Waals surface area contributed by atoms with Crippen LogP contribution in [0.1, 0.15) is 16.7 Å². The van der Waals surface area contributed by atoms with E-state index < -0.39 is 0 Å². The third-order valence-corrected chi connectivity index (χ3v) is 5.77. The van der Waals surface area contributed by atoms with Gasteiger partial charge in [-0.15, -0.1) is 0 Å². The zero-order valence-electron chi connectivity index (χ0n) is 15.1. The van der Waals surface area contributed by atoms with Crippen molar-refractivity contribution in [1.82, 2.24) is 9.88 Å². The van der Waals surface area contributed by atoms with Crippen LogP contribution in [0.5, 0.6) is 0 Å². The highest BCUT2D eigenvalue weighted by molar-refractivity contribution is 6.35. The SMILES string of the molecule is Clc1ccc(Cn2cc(CNCc3ccccc3Cl)c3ccccc32)c(Cl)c1. The number of nitrogens with zero attached hydrogens (tertiary/aromatic N) is 1. The highest BCUT2D eigenvalue weighted by Crippen LogP contribution is 2.26. The third kappa shape index (κ3) is 4.21. The molecule has 0 aliphatic carbocycles. The van der Waals surface area contributed by atoms with Crippen LogP contribution in [0.15, 0.2) is 72.9 Å². The Kier molecular flexibility index (Phi) is 5.93. The van der Waals surface area contributed by atoms with E-state index in [-0.39, 0.29) is 0 Å². The summed E-state index contributed by atoms with van der Waals surface area (Å²) >= 11 is 18.7. The van der Waals surface area contributed by atoms with Gasteiger partial charge in [-0.3, -0.25) is 0 Å². The molecule has 4 aromatic rings. The van der Waals surface area contributed by atoms with Crippen molar-refractivity contribution in [3.63, 3.8) is 0 Å². The highest BCUT2D eigenvalue weighted by Gasteiger charge is 2.10. The number of aromatic nitrogens is 1. The molecule has 3 aromatic carbocycles. The maximum atomic E-state index is 6.38. The molecule has 4 rings (SSSR count). The van der Waals surface area contributed by atoms with Crippen LogP contribution in [-0.2, 0) is 19.6 Å². The van der Waals surface area contributed by atoms with Gasteiger partial charge >= 0.3 is 0 Å². The van der Waals surface area contributed by atoms with Crippen LogP contribution in [0.2, 0.25) is 15.1 Å². The molecule has 0 radical (unpaired) electrons. The number of fused-ring (bicyclic) bond motifs is 1. The Morgan fingerprint density at radius 2 is 1.46 bits per heavy atom. The van der Waals surface area contributed by atoms with Crippen LogP contribution < -0.4 is 5.32 Å².